The molecule has 1 aliphatic rings. The van der Waals surface area contributed by atoms with Crippen LogP contribution in [-0.4, -0.2) is 26.2 Å². The molecule has 0 aromatic carbocycles. The number of carboxylic acids is 1. The first-order valence-electron chi connectivity index (χ1n) is 6.10. The predicted molar refractivity (Wildman–Crippen MR) is 67.7 cm³/mol. The third kappa shape index (κ3) is 2.25. The van der Waals surface area contributed by atoms with E-state index < -0.39 is 11.9 Å². The molecular formula is C12H13N3O3S. The summed E-state index contributed by atoms with van der Waals surface area (Å²) < 4.78 is 5.26. The fourth-order valence-electron chi connectivity index (χ4n) is 2.65. The Bertz CT molecular complexity index is 581. The summed E-state index contributed by atoms with van der Waals surface area (Å²) in [7, 11) is 0. The summed E-state index contributed by atoms with van der Waals surface area (Å²) in [5.41, 5.74) is 1.70. The van der Waals surface area contributed by atoms with E-state index in [-0.39, 0.29) is 5.92 Å². The van der Waals surface area contributed by atoms with Crippen molar-refractivity contribution in [2.75, 3.05) is 0 Å². The van der Waals surface area contributed by atoms with Crippen molar-refractivity contribution >= 4 is 17.3 Å². The first-order valence-corrected chi connectivity index (χ1v) is 6.98. The van der Waals surface area contributed by atoms with Crippen molar-refractivity contribution in [1.29, 1.82) is 0 Å². The highest BCUT2D eigenvalue weighted by Gasteiger charge is 2.41. The van der Waals surface area contributed by atoms with Crippen LogP contribution in [0, 0.1) is 11.8 Å². The molecule has 3 atom stereocenters. The van der Waals surface area contributed by atoms with Crippen LogP contribution in [0.25, 0.3) is 10.7 Å². The summed E-state index contributed by atoms with van der Waals surface area (Å²) in [6.07, 6.45) is 3.12. The van der Waals surface area contributed by atoms with E-state index in [1.807, 2.05) is 0 Å². The molecule has 2 aromatic heterocycles. The van der Waals surface area contributed by atoms with E-state index in [1.54, 1.807) is 11.7 Å². The van der Waals surface area contributed by atoms with Gasteiger partial charge in [0.25, 0.3) is 0 Å². The highest BCUT2D eigenvalue weighted by molar-refractivity contribution is 7.13. The molecule has 0 saturated heterocycles. The van der Waals surface area contributed by atoms with Gasteiger partial charge >= 0.3 is 5.97 Å². The van der Waals surface area contributed by atoms with Crippen molar-refractivity contribution in [1.82, 2.24) is 15.1 Å². The van der Waals surface area contributed by atoms with Gasteiger partial charge in [-0.15, -0.1) is 11.3 Å². The number of carbonyl (C=O) groups is 1. The number of aliphatic carboxylic acids is 1. The molecule has 1 aliphatic carbocycles. The standard InChI is InChI=1S/C12H13N3O3S/c1-6-2-7(8(3-6)12(16)17)11-14-10(15-18-11)9-4-13-5-19-9/h4-8H,2-3H2,1H3,(H,16,17). The zero-order valence-corrected chi connectivity index (χ0v) is 11.1. The van der Waals surface area contributed by atoms with Gasteiger partial charge < -0.3 is 9.63 Å². The molecular weight excluding hydrogens is 266 g/mol. The number of aromatic nitrogens is 3. The van der Waals surface area contributed by atoms with E-state index >= 15 is 0 Å². The van der Waals surface area contributed by atoms with Crippen LogP contribution >= 0.6 is 11.3 Å². The SMILES string of the molecule is CC1CC(C(=O)O)C(c2nc(-c3cncs3)no2)C1. The van der Waals surface area contributed by atoms with Crippen molar-refractivity contribution in [3.8, 4) is 10.7 Å². The Labute approximate surface area is 113 Å². The second-order valence-electron chi connectivity index (χ2n) is 4.95. The summed E-state index contributed by atoms with van der Waals surface area (Å²) in [6, 6.07) is 0. The van der Waals surface area contributed by atoms with Crippen molar-refractivity contribution < 1.29 is 14.4 Å². The van der Waals surface area contributed by atoms with Crippen LogP contribution < -0.4 is 0 Å². The Balaban J connectivity index is 1.88. The Morgan fingerprint density at radius 3 is 3.05 bits per heavy atom. The van der Waals surface area contributed by atoms with Crippen molar-refractivity contribution in [2.45, 2.75) is 25.7 Å². The maximum atomic E-state index is 11.3. The Morgan fingerprint density at radius 2 is 2.37 bits per heavy atom. The summed E-state index contributed by atoms with van der Waals surface area (Å²) in [5, 5.41) is 13.2. The lowest BCUT2D eigenvalue weighted by Gasteiger charge is -2.09. The predicted octanol–water partition coefficient (Wildman–Crippen LogP) is 2.41. The van der Waals surface area contributed by atoms with Crippen LogP contribution in [-0.2, 0) is 4.79 Å². The van der Waals surface area contributed by atoms with Crippen molar-refractivity contribution in [3.63, 3.8) is 0 Å². The van der Waals surface area contributed by atoms with Crippen LogP contribution in [0.5, 0.6) is 0 Å². The molecule has 1 fully saturated rings. The first kappa shape index (κ1) is 12.3. The van der Waals surface area contributed by atoms with E-state index in [0.29, 0.717) is 24.1 Å². The average Bonchev–Trinajstić information content (AvgIpc) is 3.07. The molecule has 19 heavy (non-hydrogen) atoms. The minimum absolute atomic E-state index is 0.179. The smallest absolute Gasteiger partial charge is 0.307 e. The maximum Gasteiger partial charge on any atom is 0.307 e. The number of thiazole rings is 1. The second kappa shape index (κ2) is 4.73. The molecule has 100 valence electrons. The molecule has 2 heterocycles. The van der Waals surface area contributed by atoms with Gasteiger partial charge in [0.05, 0.1) is 22.2 Å². The van der Waals surface area contributed by atoms with Crippen molar-refractivity contribution in [2.24, 2.45) is 11.8 Å². The fourth-order valence-corrected chi connectivity index (χ4v) is 3.19. The van der Waals surface area contributed by atoms with Gasteiger partial charge in [0.2, 0.25) is 11.7 Å². The van der Waals surface area contributed by atoms with Gasteiger partial charge in [0.1, 0.15) is 0 Å². The lowest BCUT2D eigenvalue weighted by molar-refractivity contribution is -0.142. The van der Waals surface area contributed by atoms with E-state index in [0.717, 1.165) is 11.3 Å². The molecule has 0 aliphatic heterocycles. The molecule has 7 heteroatoms. The molecule has 6 nitrogen and oxygen atoms in total. The van der Waals surface area contributed by atoms with E-state index in [1.165, 1.54) is 11.3 Å². The highest BCUT2D eigenvalue weighted by atomic mass is 32.1. The van der Waals surface area contributed by atoms with E-state index in [2.05, 4.69) is 22.0 Å². The van der Waals surface area contributed by atoms with Gasteiger partial charge in [-0.2, -0.15) is 4.98 Å². The third-order valence-electron chi connectivity index (χ3n) is 3.53. The van der Waals surface area contributed by atoms with Crippen molar-refractivity contribution in [3.05, 3.63) is 17.6 Å². The van der Waals surface area contributed by atoms with E-state index in [4.69, 9.17) is 4.52 Å². The average molecular weight is 279 g/mol. The van der Waals surface area contributed by atoms with Gasteiger partial charge in [0.15, 0.2) is 0 Å². The van der Waals surface area contributed by atoms with Gasteiger partial charge in [-0.3, -0.25) is 9.78 Å². The van der Waals surface area contributed by atoms with Crippen LogP contribution in [0.1, 0.15) is 31.6 Å². The molecule has 0 radical (unpaired) electrons. The highest BCUT2D eigenvalue weighted by Crippen LogP contribution is 2.42. The third-order valence-corrected chi connectivity index (χ3v) is 4.30. The van der Waals surface area contributed by atoms with Crippen LogP contribution in [0.2, 0.25) is 0 Å². The minimum Gasteiger partial charge on any atom is -0.481 e. The maximum absolute atomic E-state index is 11.3. The summed E-state index contributed by atoms with van der Waals surface area (Å²) in [5.74, 6) is -0.107. The quantitative estimate of drug-likeness (QED) is 0.928. The molecule has 3 rings (SSSR count). The molecule has 0 amide bonds. The van der Waals surface area contributed by atoms with Crippen LogP contribution in [0.3, 0.4) is 0 Å². The summed E-state index contributed by atoms with van der Waals surface area (Å²) in [4.78, 5) is 20.4. The number of hydrogen-bond donors (Lipinski definition) is 1. The Kier molecular flexibility index (Phi) is 3.06. The molecule has 0 spiro atoms. The zero-order valence-electron chi connectivity index (χ0n) is 10.3. The fraction of sp³-hybridized carbons (Fsp3) is 0.500. The van der Waals surface area contributed by atoms with Gasteiger partial charge in [-0.25, -0.2) is 0 Å². The van der Waals surface area contributed by atoms with Gasteiger partial charge in [0, 0.05) is 6.20 Å². The Hall–Kier alpha value is -1.76. The molecule has 0 bridgehead atoms. The lowest BCUT2D eigenvalue weighted by Crippen LogP contribution is -2.17. The Morgan fingerprint density at radius 1 is 1.53 bits per heavy atom. The van der Waals surface area contributed by atoms with Gasteiger partial charge in [-0.1, -0.05) is 12.1 Å². The summed E-state index contributed by atoms with van der Waals surface area (Å²) in [6.45, 7) is 2.05. The first-order chi connectivity index (χ1) is 9.15. The molecule has 3 unspecified atom stereocenters. The van der Waals surface area contributed by atoms with Gasteiger partial charge in [-0.05, 0) is 18.8 Å². The number of carboxylic acid groups (broad SMARTS) is 1. The number of rotatable bonds is 3. The molecule has 1 saturated carbocycles. The van der Waals surface area contributed by atoms with Crippen LogP contribution in [0.15, 0.2) is 16.2 Å². The largest absolute Gasteiger partial charge is 0.481 e. The van der Waals surface area contributed by atoms with Crippen LogP contribution in [0.4, 0.5) is 0 Å². The normalized spacial score (nSPS) is 26.7. The summed E-state index contributed by atoms with van der Waals surface area (Å²) >= 11 is 1.43. The molecule has 2 aromatic rings. The zero-order chi connectivity index (χ0) is 13.4. The lowest BCUT2D eigenvalue weighted by atomic mass is 9.96. The molecule has 1 N–H and O–H groups in total. The van der Waals surface area contributed by atoms with E-state index in [9.17, 15) is 9.90 Å². The minimum atomic E-state index is -0.785. The topological polar surface area (TPSA) is 89.1 Å². The number of hydrogen-bond acceptors (Lipinski definition) is 6. The number of nitrogens with zero attached hydrogens (tertiary/aromatic N) is 3. The second-order valence-corrected chi connectivity index (χ2v) is 5.84. The monoisotopic (exact) mass is 279 g/mol.